The molecule has 1 heteroatoms. The van der Waals surface area contributed by atoms with Crippen molar-refractivity contribution < 1.29 is 0 Å². The minimum atomic E-state index is -2.53. The van der Waals surface area contributed by atoms with Crippen LogP contribution in [0.1, 0.15) is 0 Å². The summed E-state index contributed by atoms with van der Waals surface area (Å²) in [6.45, 7) is -2.53. The largest absolute Gasteiger partial charge is 0.0886 e. The third-order valence-electron chi connectivity index (χ3n) is 9.47. The maximum atomic E-state index is 5.46. The summed E-state index contributed by atoms with van der Waals surface area (Å²) in [7, 11) is 0. The van der Waals surface area contributed by atoms with Crippen LogP contribution in [0.2, 0.25) is 0 Å². The molecule has 0 fully saturated rings. The van der Waals surface area contributed by atoms with Crippen LogP contribution in [0, 0.1) is 0 Å². The highest BCUT2D eigenvalue weighted by Gasteiger charge is 2.30. The van der Waals surface area contributed by atoms with Crippen LogP contribution in [-0.2, 0) is 0 Å². The average molecular weight is 577 g/mol. The lowest BCUT2D eigenvalue weighted by Gasteiger charge is -2.32. The molecule has 0 N–H and O–H groups in total. The van der Waals surface area contributed by atoms with Crippen molar-refractivity contribution in [3.63, 3.8) is 0 Å². The number of benzene rings is 9. The van der Waals surface area contributed by atoms with Crippen molar-refractivity contribution in [1.29, 1.82) is 0 Å². The fourth-order valence-corrected chi connectivity index (χ4v) is 11.1. The molecule has 0 saturated carbocycles. The van der Waals surface area contributed by atoms with Crippen LogP contribution in [-0.4, -0.2) is 6.30 Å². The summed E-state index contributed by atoms with van der Waals surface area (Å²) >= 11 is 0. The standard InChI is InChI=1S/C43H29P/c1-44(41-26-29-14-2-5-17-32(29)35-20-8-11-23-38(35)41,42-27-30-15-3-6-18-33(30)36-21-9-12-24-39(36)42)43-28-31-16-4-7-19-34(31)37-22-10-13-25-40(37)43/h2-28H,1H2. The van der Waals surface area contributed by atoms with E-state index >= 15 is 0 Å². The van der Waals surface area contributed by atoms with Gasteiger partial charge in [-0.25, -0.2) is 0 Å². The molecule has 9 aromatic carbocycles. The first-order valence-corrected chi connectivity index (χ1v) is 17.2. The van der Waals surface area contributed by atoms with Crippen LogP contribution in [0.25, 0.3) is 64.6 Å². The summed E-state index contributed by atoms with van der Waals surface area (Å²) in [5.74, 6) is 0. The van der Waals surface area contributed by atoms with E-state index in [0.717, 1.165) is 0 Å². The average Bonchev–Trinajstić information content (AvgIpc) is 3.10. The molecule has 0 spiro atoms. The van der Waals surface area contributed by atoms with Crippen LogP contribution in [0.4, 0.5) is 0 Å². The number of rotatable bonds is 3. The number of fused-ring (bicyclic) bond motifs is 9. The second kappa shape index (κ2) is 9.68. The molecule has 0 amide bonds. The Morgan fingerprint density at radius 1 is 0.273 bits per heavy atom. The Balaban J connectivity index is 1.55. The van der Waals surface area contributed by atoms with Gasteiger partial charge in [-0.15, -0.1) is 0 Å². The third kappa shape index (κ3) is 3.59. The number of hydrogen-bond donors (Lipinski definition) is 0. The lowest BCUT2D eigenvalue weighted by Crippen LogP contribution is -2.27. The molecule has 44 heavy (non-hydrogen) atoms. The predicted molar refractivity (Wildman–Crippen MR) is 197 cm³/mol. The molecule has 0 nitrogen and oxygen atoms in total. The van der Waals surface area contributed by atoms with Crippen LogP contribution in [0.15, 0.2) is 164 Å². The Kier molecular flexibility index (Phi) is 5.58. The van der Waals surface area contributed by atoms with Crippen molar-refractivity contribution in [3.8, 4) is 0 Å². The quantitative estimate of drug-likeness (QED) is 0.145. The summed E-state index contributed by atoms with van der Waals surface area (Å²) in [5.41, 5.74) is 0. The highest BCUT2D eigenvalue weighted by molar-refractivity contribution is 7.94. The lowest BCUT2D eigenvalue weighted by atomic mass is 10.0. The molecule has 0 aromatic heterocycles. The second-order valence-corrected chi connectivity index (χ2v) is 14.9. The molecular weight excluding hydrogens is 547 g/mol. The first kappa shape index (κ1) is 25.3. The zero-order valence-electron chi connectivity index (χ0n) is 24.2. The summed E-state index contributed by atoms with van der Waals surface area (Å²) in [4.78, 5) is 0. The minimum absolute atomic E-state index is 1.25. The Bertz CT molecular complexity index is 2350. The fraction of sp³-hybridized carbons (Fsp3) is 0. The molecule has 0 saturated heterocycles. The molecule has 0 aliphatic carbocycles. The lowest BCUT2D eigenvalue weighted by molar-refractivity contribution is 1.77. The molecular formula is C43H29P. The SMILES string of the molecule is C=P(c1cc2ccccc2c2ccccc12)(c1cc2ccccc2c2ccccc12)c1cc2ccccc2c2ccccc12. The smallest absolute Gasteiger partial charge is 0.00805 e. The first-order chi connectivity index (χ1) is 21.7. The molecule has 0 bridgehead atoms. The molecule has 206 valence electrons. The van der Waals surface area contributed by atoms with Gasteiger partial charge in [0, 0.05) is 0 Å². The van der Waals surface area contributed by atoms with Crippen molar-refractivity contribution in [2.75, 3.05) is 0 Å². The van der Waals surface area contributed by atoms with Gasteiger partial charge in [0.1, 0.15) is 0 Å². The van der Waals surface area contributed by atoms with E-state index in [1.807, 2.05) is 0 Å². The summed E-state index contributed by atoms with van der Waals surface area (Å²) in [5, 5.41) is 19.3. The second-order valence-electron chi connectivity index (χ2n) is 11.8. The third-order valence-corrected chi connectivity index (χ3v) is 13.0. The molecule has 0 aliphatic heterocycles. The van der Waals surface area contributed by atoms with E-state index < -0.39 is 6.89 Å². The maximum absolute atomic E-state index is 5.46. The van der Waals surface area contributed by atoms with E-state index in [-0.39, 0.29) is 0 Å². The highest BCUT2D eigenvalue weighted by atomic mass is 31.2. The van der Waals surface area contributed by atoms with Gasteiger partial charge >= 0.3 is 0 Å². The fourth-order valence-electron chi connectivity index (χ4n) is 7.44. The van der Waals surface area contributed by atoms with Crippen molar-refractivity contribution in [1.82, 2.24) is 0 Å². The van der Waals surface area contributed by atoms with Crippen LogP contribution >= 0.6 is 6.89 Å². The van der Waals surface area contributed by atoms with Gasteiger partial charge in [-0.1, -0.05) is 152 Å². The Morgan fingerprint density at radius 3 is 0.795 bits per heavy atom. The molecule has 0 heterocycles. The molecule has 9 rings (SSSR count). The zero-order valence-corrected chi connectivity index (χ0v) is 25.1. The Hall–Kier alpha value is -5.16. The van der Waals surface area contributed by atoms with E-state index in [1.54, 1.807) is 0 Å². The Labute approximate surface area is 256 Å². The zero-order chi connectivity index (χ0) is 29.3. The van der Waals surface area contributed by atoms with E-state index in [1.165, 1.54) is 80.5 Å². The van der Waals surface area contributed by atoms with Gasteiger partial charge < -0.3 is 0 Å². The van der Waals surface area contributed by atoms with Gasteiger partial charge in [-0.2, -0.15) is 0 Å². The highest BCUT2D eigenvalue weighted by Crippen LogP contribution is 2.50. The molecule has 0 aliphatic rings. The van der Waals surface area contributed by atoms with Crippen molar-refractivity contribution in [2.24, 2.45) is 0 Å². The maximum Gasteiger partial charge on any atom is -0.00805 e. The summed E-state index contributed by atoms with van der Waals surface area (Å²) in [6, 6.07) is 60.6. The molecule has 0 unspecified atom stereocenters. The van der Waals surface area contributed by atoms with Crippen molar-refractivity contribution in [2.45, 2.75) is 0 Å². The van der Waals surface area contributed by atoms with Crippen LogP contribution in [0.5, 0.6) is 0 Å². The van der Waals surface area contributed by atoms with Crippen molar-refractivity contribution in [3.05, 3.63) is 164 Å². The monoisotopic (exact) mass is 576 g/mol. The molecule has 9 aromatic rings. The van der Waals surface area contributed by atoms with E-state index in [0.29, 0.717) is 0 Å². The molecule has 0 radical (unpaired) electrons. The van der Waals surface area contributed by atoms with Crippen LogP contribution in [0.3, 0.4) is 0 Å². The van der Waals surface area contributed by atoms with Gasteiger partial charge in [-0.3, -0.25) is 0 Å². The Morgan fingerprint density at radius 2 is 0.500 bits per heavy atom. The van der Waals surface area contributed by atoms with E-state index in [4.69, 9.17) is 6.30 Å². The van der Waals surface area contributed by atoms with Gasteiger partial charge in [0.2, 0.25) is 0 Å². The van der Waals surface area contributed by atoms with E-state index in [2.05, 4.69) is 164 Å². The van der Waals surface area contributed by atoms with Gasteiger partial charge in [0.15, 0.2) is 0 Å². The van der Waals surface area contributed by atoms with Crippen LogP contribution < -0.4 is 15.9 Å². The summed E-state index contributed by atoms with van der Waals surface area (Å²) < 4.78 is 0. The van der Waals surface area contributed by atoms with Gasteiger partial charge in [-0.05, 0) is 106 Å². The topological polar surface area (TPSA) is 0 Å². The summed E-state index contributed by atoms with van der Waals surface area (Å²) in [6.07, 6.45) is 5.46. The van der Waals surface area contributed by atoms with Gasteiger partial charge in [0.25, 0.3) is 0 Å². The minimum Gasteiger partial charge on any atom is -0.0886 e. The number of hydrogen-bond acceptors (Lipinski definition) is 0. The normalized spacial score (nSPS) is 12.2. The predicted octanol–water partition coefficient (Wildman–Crippen LogP) is 10.3. The van der Waals surface area contributed by atoms with E-state index in [9.17, 15) is 0 Å². The van der Waals surface area contributed by atoms with Crippen molar-refractivity contribution >= 4 is 93.7 Å². The van der Waals surface area contributed by atoms with Gasteiger partial charge in [0.05, 0.1) is 0 Å². The molecule has 0 atom stereocenters. The first-order valence-electron chi connectivity index (χ1n) is 15.2.